The molecule has 0 saturated carbocycles. The standard InChI is InChI=1S/C9H11Cl2NO.ClH/c1-6(5-13-12)9-7(10)3-2-4-8(9)11;/h2-4,6H,5,12H2,1H3;1H. The minimum absolute atomic E-state index is 0. The van der Waals surface area contributed by atoms with E-state index >= 15 is 0 Å². The van der Waals surface area contributed by atoms with E-state index in [4.69, 9.17) is 29.1 Å². The summed E-state index contributed by atoms with van der Waals surface area (Å²) in [5, 5.41) is 1.30. The van der Waals surface area contributed by atoms with Crippen molar-refractivity contribution in [1.29, 1.82) is 0 Å². The van der Waals surface area contributed by atoms with Gasteiger partial charge in [-0.2, -0.15) is 0 Å². The summed E-state index contributed by atoms with van der Waals surface area (Å²) in [4.78, 5) is 4.55. The van der Waals surface area contributed by atoms with Crippen LogP contribution in [-0.2, 0) is 4.84 Å². The summed E-state index contributed by atoms with van der Waals surface area (Å²) >= 11 is 12.0. The zero-order chi connectivity index (χ0) is 9.84. The summed E-state index contributed by atoms with van der Waals surface area (Å²) in [7, 11) is 0. The molecule has 1 atom stereocenters. The van der Waals surface area contributed by atoms with Gasteiger partial charge >= 0.3 is 0 Å². The summed E-state index contributed by atoms with van der Waals surface area (Å²) < 4.78 is 0. The van der Waals surface area contributed by atoms with Crippen LogP contribution in [0.2, 0.25) is 10.0 Å². The first-order chi connectivity index (χ1) is 6.16. The van der Waals surface area contributed by atoms with E-state index in [2.05, 4.69) is 4.84 Å². The van der Waals surface area contributed by atoms with E-state index in [-0.39, 0.29) is 18.3 Å². The van der Waals surface area contributed by atoms with Crippen molar-refractivity contribution >= 4 is 35.6 Å². The molecule has 1 rings (SSSR count). The Hall–Kier alpha value is 0.01000. The smallest absolute Gasteiger partial charge is 0.0746 e. The van der Waals surface area contributed by atoms with Crippen LogP contribution in [0.15, 0.2) is 18.2 Å². The highest BCUT2D eigenvalue weighted by molar-refractivity contribution is 6.36. The van der Waals surface area contributed by atoms with E-state index in [0.717, 1.165) is 5.56 Å². The van der Waals surface area contributed by atoms with Crippen LogP contribution >= 0.6 is 35.6 Å². The van der Waals surface area contributed by atoms with E-state index in [1.807, 2.05) is 13.0 Å². The zero-order valence-corrected chi connectivity index (χ0v) is 9.99. The molecule has 0 aliphatic heterocycles. The SMILES string of the molecule is CC(CON)c1c(Cl)cccc1Cl.Cl. The van der Waals surface area contributed by atoms with Gasteiger partial charge in [0.2, 0.25) is 0 Å². The van der Waals surface area contributed by atoms with E-state index in [1.54, 1.807) is 12.1 Å². The lowest BCUT2D eigenvalue weighted by Gasteiger charge is -2.13. The van der Waals surface area contributed by atoms with Gasteiger partial charge in [-0.1, -0.05) is 36.2 Å². The van der Waals surface area contributed by atoms with Crippen LogP contribution < -0.4 is 5.90 Å². The summed E-state index contributed by atoms with van der Waals surface area (Å²) in [6, 6.07) is 5.41. The van der Waals surface area contributed by atoms with Crippen molar-refractivity contribution in [3.8, 4) is 0 Å². The Bertz CT molecular complexity index is 273. The first-order valence-corrected chi connectivity index (χ1v) is 4.68. The van der Waals surface area contributed by atoms with Crippen molar-refractivity contribution in [3.63, 3.8) is 0 Å². The Balaban J connectivity index is 0.00000169. The summed E-state index contributed by atoms with van der Waals surface area (Å²) in [5.74, 6) is 5.08. The van der Waals surface area contributed by atoms with E-state index < -0.39 is 0 Å². The maximum atomic E-state index is 5.98. The van der Waals surface area contributed by atoms with E-state index in [0.29, 0.717) is 16.7 Å². The third-order valence-corrected chi connectivity index (χ3v) is 2.50. The molecule has 0 saturated heterocycles. The van der Waals surface area contributed by atoms with Crippen molar-refractivity contribution in [2.75, 3.05) is 6.61 Å². The molecule has 1 aromatic rings. The number of hydrogen-bond acceptors (Lipinski definition) is 2. The average molecular weight is 257 g/mol. The molecule has 5 heteroatoms. The minimum Gasteiger partial charge on any atom is -0.304 e. The third-order valence-electron chi connectivity index (χ3n) is 1.84. The Kier molecular flexibility index (Phi) is 6.49. The van der Waals surface area contributed by atoms with Crippen LogP contribution in [0.3, 0.4) is 0 Å². The molecule has 0 radical (unpaired) electrons. The Labute approximate surface area is 99.7 Å². The third kappa shape index (κ3) is 3.30. The first kappa shape index (κ1) is 14.0. The predicted molar refractivity (Wildman–Crippen MR) is 62.3 cm³/mol. The lowest BCUT2D eigenvalue weighted by molar-refractivity contribution is 0.126. The monoisotopic (exact) mass is 255 g/mol. The van der Waals surface area contributed by atoms with Crippen molar-refractivity contribution in [2.45, 2.75) is 12.8 Å². The molecule has 0 bridgehead atoms. The molecule has 0 aliphatic carbocycles. The van der Waals surface area contributed by atoms with Crippen molar-refractivity contribution in [2.24, 2.45) is 5.90 Å². The van der Waals surface area contributed by atoms with Gasteiger partial charge in [0, 0.05) is 16.0 Å². The predicted octanol–water partition coefficient (Wildman–Crippen LogP) is 3.41. The molecule has 0 aromatic heterocycles. The number of rotatable bonds is 3. The van der Waals surface area contributed by atoms with Crippen LogP contribution in [0.1, 0.15) is 18.4 Å². The van der Waals surface area contributed by atoms with Gasteiger partial charge in [-0.3, -0.25) is 0 Å². The number of benzene rings is 1. The fraction of sp³-hybridized carbons (Fsp3) is 0.333. The number of halogens is 3. The normalized spacial score (nSPS) is 12.0. The van der Waals surface area contributed by atoms with Crippen molar-refractivity contribution < 1.29 is 4.84 Å². The molecule has 14 heavy (non-hydrogen) atoms. The molecule has 1 unspecified atom stereocenters. The highest BCUT2D eigenvalue weighted by atomic mass is 35.5. The van der Waals surface area contributed by atoms with Gasteiger partial charge in [0.1, 0.15) is 0 Å². The second-order valence-electron chi connectivity index (χ2n) is 2.87. The topological polar surface area (TPSA) is 35.2 Å². The molecule has 0 fully saturated rings. The van der Waals surface area contributed by atoms with Crippen LogP contribution in [0.5, 0.6) is 0 Å². The molecular formula is C9H12Cl3NO. The quantitative estimate of drug-likeness (QED) is 0.841. The Morgan fingerprint density at radius 3 is 2.29 bits per heavy atom. The molecule has 0 spiro atoms. The average Bonchev–Trinajstić information content (AvgIpc) is 2.04. The lowest BCUT2D eigenvalue weighted by Crippen LogP contribution is -2.09. The van der Waals surface area contributed by atoms with Crippen LogP contribution in [0.25, 0.3) is 0 Å². The van der Waals surface area contributed by atoms with Gasteiger partial charge in [0.05, 0.1) is 6.61 Å². The Morgan fingerprint density at radius 1 is 1.36 bits per heavy atom. The summed E-state index contributed by atoms with van der Waals surface area (Å²) in [6.45, 7) is 2.36. The molecular weight excluding hydrogens is 244 g/mol. The largest absolute Gasteiger partial charge is 0.304 e. The molecule has 1 aromatic carbocycles. The Morgan fingerprint density at radius 2 is 1.86 bits per heavy atom. The van der Waals surface area contributed by atoms with Crippen LogP contribution in [-0.4, -0.2) is 6.61 Å². The molecule has 0 aliphatic rings. The first-order valence-electron chi connectivity index (χ1n) is 3.92. The second kappa shape index (κ2) is 6.49. The number of nitrogens with two attached hydrogens (primary N) is 1. The summed E-state index contributed by atoms with van der Waals surface area (Å²) in [6.07, 6.45) is 0. The summed E-state index contributed by atoms with van der Waals surface area (Å²) in [5.41, 5.74) is 0.885. The van der Waals surface area contributed by atoms with Crippen LogP contribution in [0, 0.1) is 0 Å². The molecule has 2 N–H and O–H groups in total. The highest BCUT2D eigenvalue weighted by Crippen LogP contribution is 2.31. The fourth-order valence-electron chi connectivity index (χ4n) is 1.21. The molecule has 0 amide bonds. The van der Waals surface area contributed by atoms with Crippen molar-refractivity contribution in [1.82, 2.24) is 0 Å². The van der Waals surface area contributed by atoms with Crippen LogP contribution in [0.4, 0.5) is 0 Å². The van der Waals surface area contributed by atoms with Gasteiger partial charge in [-0.05, 0) is 17.7 Å². The highest BCUT2D eigenvalue weighted by Gasteiger charge is 2.12. The second-order valence-corrected chi connectivity index (χ2v) is 3.68. The maximum Gasteiger partial charge on any atom is 0.0746 e. The van der Waals surface area contributed by atoms with Crippen molar-refractivity contribution in [3.05, 3.63) is 33.8 Å². The molecule has 0 heterocycles. The fourth-order valence-corrected chi connectivity index (χ4v) is 1.98. The van der Waals surface area contributed by atoms with Gasteiger partial charge < -0.3 is 4.84 Å². The van der Waals surface area contributed by atoms with Gasteiger partial charge in [-0.15, -0.1) is 12.4 Å². The molecule has 80 valence electrons. The number of hydrogen-bond donors (Lipinski definition) is 1. The van der Waals surface area contributed by atoms with E-state index in [1.165, 1.54) is 0 Å². The van der Waals surface area contributed by atoms with Gasteiger partial charge in [0.25, 0.3) is 0 Å². The molecule has 2 nitrogen and oxygen atoms in total. The lowest BCUT2D eigenvalue weighted by atomic mass is 10.0. The van der Waals surface area contributed by atoms with Gasteiger partial charge in [-0.25, -0.2) is 5.90 Å². The zero-order valence-electron chi connectivity index (χ0n) is 7.67. The van der Waals surface area contributed by atoms with Gasteiger partial charge in [0.15, 0.2) is 0 Å². The minimum atomic E-state index is 0. The maximum absolute atomic E-state index is 5.98. The van der Waals surface area contributed by atoms with E-state index in [9.17, 15) is 0 Å².